The first-order valence-corrected chi connectivity index (χ1v) is 7.68. The molecule has 0 heterocycles. The fourth-order valence-corrected chi connectivity index (χ4v) is 3.16. The Balaban J connectivity index is 2.32. The van der Waals surface area contributed by atoms with Crippen molar-refractivity contribution in [2.24, 2.45) is 0 Å². The minimum atomic E-state index is -0.897. The number of rotatable bonds is 3. The minimum absolute atomic E-state index is 0.336. The largest absolute Gasteiger partial charge is 0.478 e. The first-order valence-electron chi connectivity index (χ1n) is 7.30. The highest BCUT2D eigenvalue weighted by atomic mass is 35.5. The Morgan fingerprint density at radius 3 is 2.40 bits per heavy atom. The maximum atomic E-state index is 11.3. The number of aromatic carboxylic acids is 1. The van der Waals surface area contributed by atoms with Gasteiger partial charge in [-0.2, -0.15) is 0 Å². The summed E-state index contributed by atoms with van der Waals surface area (Å²) in [7, 11) is 0. The third-order valence-electron chi connectivity index (χ3n) is 4.14. The summed E-state index contributed by atoms with van der Waals surface area (Å²) in [5.74, 6) is -0.897. The van der Waals surface area contributed by atoms with Crippen molar-refractivity contribution < 1.29 is 9.90 Å². The molecule has 110 valence electrons. The van der Waals surface area contributed by atoms with Crippen LogP contribution in [0, 0.1) is 13.8 Å². The van der Waals surface area contributed by atoms with Crippen LogP contribution in [0.1, 0.15) is 60.0 Å². The SMILES string of the molecule is Cc1cc(C(=O)O)c(C)c(NC2CCCCCC2)c1Cl. The number of nitrogens with one attached hydrogen (secondary N) is 1. The third-order valence-corrected chi connectivity index (χ3v) is 4.63. The number of carboxylic acid groups (broad SMARTS) is 1. The zero-order valence-electron chi connectivity index (χ0n) is 12.1. The zero-order valence-corrected chi connectivity index (χ0v) is 12.9. The van der Waals surface area contributed by atoms with Gasteiger partial charge in [-0.15, -0.1) is 0 Å². The van der Waals surface area contributed by atoms with Gasteiger partial charge in [0.2, 0.25) is 0 Å². The van der Waals surface area contributed by atoms with Gasteiger partial charge >= 0.3 is 5.97 Å². The molecule has 0 atom stereocenters. The van der Waals surface area contributed by atoms with Crippen LogP contribution in [0.25, 0.3) is 0 Å². The van der Waals surface area contributed by atoms with E-state index in [0.29, 0.717) is 16.6 Å². The second kappa shape index (κ2) is 6.49. The standard InChI is InChI=1S/C16H22ClNO2/c1-10-9-13(16(19)20)11(2)15(14(10)17)18-12-7-5-3-4-6-8-12/h9,12,18H,3-8H2,1-2H3,(H,19,20). The quantitative estimate of drug-likeness (QED) is 0.788. The maximum absolute atomic E-state index is 11.3. The van der Waals surface area contributed by atoms with Crippen LogP contribution in [0.2, 0.25) is 5.02 Å². The van der Waals surface area contributed by atoms with Crippen LogP contribution in [0.3, 0.4) is 0 Å². The van der Waals surface area contributed by atoms with Gasteiger partial charge in [-0.25, -0.2) is 4.79 Å². The van der Waals surface area contributed by atoms with Gasteiger partial charge in [-0.1, -0.05) is 37.3 Å². The second-order valence-corrected chi connectivity index (χ2v) is 6.07. The van der Waals surface area contributed by atoms with Crippen LogP contribution in [0.5, 0.6) is 0 Å². The lowest BCUT2D eigenvalue weighted by atomic mass is 10.0. The summed E-state index contributed by atoms with van der Waals surface area (Å²) >= 11 is 6.38. The van der Waals surface area contributed by atoms with Crippen LogP contribution in [-0.2, 0) is 0 Å². The molecule has 0 saturated heterocycles. The van der Waals surface area contributed by atoms with E-state index in [1.54, 1.807) is 6.07 Å². The van der Waals surface area contributed by atoms with Gasteiger partial charge in [0.15, 0.2) is 0 Å². The van der Waals surface area contributed by atoms with E-state index in [-0.39, 0.29) is 0 Å². The highest BCUT2D eigenvalue weighted by molar-refractivity contribution is 6.34. The van der Waals surface area contributed by atoms with Crippen molar-refractivity contribution in [1.82, 2.24) is 0 Å². The van der Waals surface area contributed by atoms with E-state index >= 15 is 0 Å². The molecule has 3 nitrogen and oxygen atoms in total. The summed E-state index contributed by atoms with van der Waals surface area (Å²) in [6.07, 6.45) is 7.30. The van der Waals surface area contributed by atoms with E-state index in [4.69, 9.17) is 11.6 Å². The molecule has 1 aromatic carbocycles. The smallest absolute Gasteiger partial charge is 0.336 e. The predicted octanol–water partition coefficient (Wildman–Crippen LogP) is 4.79. The molecular formula is C16H22ClNO2. The fourth-order valence-electron chi connectivity index (χ4n) is 2.91. The molecule has 20 heavy (non-hydrogen) atoms. The first-order chi connectivity index (χ1) is 9.50. The van der Waals surface area contributed by atoms with E-state index in [0.717, 1.165) is 29.7 Å². The summed E-state index contributed by atoms with van der Waals surface area (Å²) in [5.41, 5.74) is 2.68. The van der Waals surface area contributed by atoms with Gasteiger partial charge in [-0.05, 0) is 43.9 Å². The summed E-state index contributed by atoms with van der Waals surface area (Å²) in [4.78, 5) is 11.3. The molecule has 0 bridgehead atoms. The Morgan fingerprint density at radius 1 is 1.25 bits per heavy atom. The Morgan fingerprint density at radius 2 is 1.85 bits per heavy atom. The Hall–Kier alpha value is -1.22. The Kier molecular flexibility index (Phi) is 4.92. The lowest BCUT2D eigenvalue weighted by Crippen LogP contribution is -2.20. The lowest BCUT2D eigenvalue weighted by molar-refractivity contribution is 0.0696. The molecule has 0 amide bonds. The highest BCUT2D eigenvalue weighted by Gasteiger charge is 2.19. The number of benzene rings is 1. The number of carboxylic acids is 1. The summed E-state index contributed by atoms with van der Waals surface area (Å²) in [6.45, 7) is 3.68. The van der Waals surface area contributed by atoms with Crippen molar-refractivity contribution >= 4 is 23.3 Å². The van der Waals surface area contributed by atoms with Gasteiger partial charge in [0, 0.05) is 6.04 Å². The van der Waals surface area contributed by atoms with Crippen LogP contribution in [-0.4, -0.2) is 17.1 Å². The molecule has 1 fully saturated rings. The molecule has 1 aromatic rings. The van der Waals surface area contributed by atoms with Crippen molar-refractivity contribution in [3.8, 4) is 0 Å². The number of anilines is 1. The zero-order chi connectivity index (χ0) is 14.7. The van der Waals surface area contributed by atoms with Crippen LogP contribution < -0.4 is 5.32 Å². The van der Waals surface area contributed by atoms with Crippen molar-refractivity contribution in [1.29, 1.82) is 0 Å². The number of aryl methyl sites for hydroxylation is 1. The summed E-state index contributed by atoms with van der Waals surface area (Å²) in [6, 6.07) is 2.05. The first kappa shape index (κ1) is 15.2. The number of halogens is 1. The topological polar surface area (TPSA) is 49.3 Å². The molecule has 0 aromatic heterocycles. The number of hydrogen-bond donors (Lipinski definition) is 2. The number of hydrogen-bond acceptors (Lipinski definition) is 2. The Labute approximate surface area is 125 Å². The minimum Gasteiger partial charge on any atom is -0.478 e. The number of carbonyl (C=O) groups is 1. The van der Waals surface area contributed by atoms with E-state index in [1.807, 2.05) is 13.8 Å². The molecule has 0 spiro atoms. The van der Waals surface area contributed by atoms with Crippen molar-refractivity contribution in [2.75, 3.05) is 5.32 Å². The average Bonchev–Trinajstić information content (AvgIpc) is 2.67. The van der Waals surface area contributed by atoms with Crippen LogP contribution >= 0.6 is 11.6 Å². The van der Waals surface area contributed by atoms with Gasteiger partial charge in [0.05, 0.1) is 16.3 Å². The molecule has 2 N–H and O–H groups in total. The summed E-state index contributed by atoms with van der Waals surface area (Å²) in [5, 5.41) is 13.4. The van der Waals surface area contributed by atoms with E-state index in [1.165, 1.54) is 25.7 Å². The lowest BCUT2D eigenvalue weighted by Gasteiger charge is -2.22. The van der Waals surface area contributed by atoms with E-state index in [2.05, 4.69) is 5.32 Å². The van der Waals surface area contributed by atoms with Gasteiger partial charge in [-0.3, -0.25) is 0 Å². The molecule has 0 aliphatic heterocycles. The van der Waals surface area contributed by atoms with Gasteiger partial charge in [0.1, 0.15) is 0 Å². The molecule has 2 rings (SSSR count). The molecule has 1 aliphatic rings. The molecule has 1 saturated carbocycles. The molecule has 0 radical (unpaired) electrons. The Bertz CT molecular complexity index is 506. The normalized spacial score (nSPS) is 16.8. The van der Waals surface area contributed by atoms with Crippen LogP contribution in [0.4, 0.5) is 5.69 Å². The van der Waals surface area contributed by atoms with Gasteiger partial charge in [0.25, 0.3) is 0 Å². The van der Waals surface area contributed by atoms with Crippen molar-refractivity contribution in [3.63, 3.8) is 0 Å². The second-order valence-electron chi connectivity index (χ2n) is 5.69. The predicted molar refractivity (Wildman–Crippen MR) is 83.0 cm³/mol. The molecule has 4 heteroatoms. The van der Waals surface area contributed by atoms with E-state index in [9.17, 15) is 9.90 Å². The fraction of sp³-hybridized carbons (Fsp3) is 0.562. The molecule has 0 unspecified atom stereocenters. The van der Waals surface area contributed by atoms with Crippen molar-refractivity contribution in [2.45, 2.75) is 58.4 Å². The van der Waals surface area contributed by atoms with Crippen molar-refractivity contribution in [3.05, 3.63) is 27.8 Å². The van der Waals surface area contributed by atoms with Gasteiger partial charge < -0.3 is 10.4 Å². The van der Waals surface area contributed by atoms with Crippen LogP contribution in [0.15, 0.2) is 6.07 Å². The summed E-state index contributed by atoms with van der Waals surface area (Å²) < 4.78 is 0. The molecule has 1 aliphatic carbocycles. The maximum Gasteiger partial charge on any atom is 0.336 e. The van der Waals surface area contributed by atoms with E-state index < -0.39 is 5.97 Å². The average molecular weight is 296 g/mol. The highest BCUT2D eigenvalue weighted by Crippen LogP contribution is 2.34. The monoisotopic (exact) mass is 295 g/mol. The molecular weight excluding hydrogens is 274 g/mol. The third kappa shape index (κ3) is 3.26.